The third-order valence-electron chi connectivity index (χ3n) is 2.26. The minimum Gasteiger partial charge on any atom is -0.462 e. The van der Waals surface area contributed by atoms with Crippen molar-refractivity contribution in [2.75, 3.05) is 6.61 Å². The maximum atomic E-state index is 11.6. The number of hydrogen-bond donors (Lipinski definition) is 0. The average molecular weight is 240 g/mol. The van der Waals surface area contributed by atoms with Crippen LogP contribution in [0.25, 0.3) is 9.40 Å². The van der Waals surface area contributed by atoms with E-state index in [1.54, 1.807) is 22.7 Å². The molecule has 0 aliphatic carbocycles. The molecule has 2 aromatic heterocycles. The SMILES string of the molecule is CCOC(=O)c1sc2c(C)csc2c1C. The summed E-state index contributed by atoms with van der Waals surface area (Å²) in [6.07, 6.45) is 0. The van der Waals surface area contributed by atoms with Crippen molar-refractivity contribution in [3.8, 4) is 0 Å². The summed E-state index contributed by atoms with van der Waals surface area (Å²) in [5.41, 5.74) is 2.31. The minimum atomic E-state index is -0.192. The van der Waals surface area contributed by atoms with Crippen LogP contribution in [0.2, 0.25) is 0 Å². The Morgan fingerprint density at radius 1 is 1.40 bits per heavy atom. The first-order valence-corrected chi connectivity index (χ1v) is 6.49. The van der Waals surface area contributed by atoms with Crippen molar-refractivity contribution in [2.45, 2.75) is 20.8 Å². The van der Waals surface area contributed by atoms with Crippen LogP contribution in [-0.2, 0) is 4.74 Å². The Morgan fingerprint density at radius 3 is 2.73 bits per heavy atom. The highest BCUT2D eigenvalue weighted by Gasteiger charge is 2.18. The monoisotopic (exact) mass is 240 g/mol. The molecule has 4 heteroatoms. The van der Waals surface area contributed by atoms with Crippen LogP contribution in [0.3, 0.4) is 0 Å². The number of rotatable bonds is 2. The third kappa shape index (κ3) is 1.68. The van der Waals surface area contributed by atoms with Crippen molar-refractivity contribution in [1.29, 1.82) is 0 Å². The van der Waals surface area contributed by atoms with Crippen LogP contribution >= 0.6 is 22.7 Å². The summed E-state index contributed by atoms with van der Waals surface area (Å²) >= 11 is 3.24. The van der Waals surface area contributed by atoms with Gasteiger partial charge in [-0.25, -0.2) is 4.79 Å². The Bertz CT molecular complexity index is 508. The average Bonchev–Trinajstić information content (AvgIpc) is 2.70. The molecule has 2 nitrogen and oxygen atoms in total. The van der Waals surface area contributed by atoms with Crippen molar-refractivity contribution in [1.82, 2.24) is 0 Å². The highest BCUT2D eigenvalue weighted by atomic mass is 32.1. The quantitative estimate of drug-likeness (QED) is 0.747. The number of aryl methyl sites for hydroxylation is 2. The van der Waals surface area contributed by atoms with Crippen LogP contribution in [0, 0.1) is 13.8 Å². The number of ether oxygens (including phenoxy) is 1. The van der Waals surface area contributed by atoms with Gasteiger partial charge in [0, 0.05) is 9.40 Å². The molecule has 80 valence electrons. The van der Waals surface area contributed by atoms with E-state index in [1.165, 1.54) is 15.0 Å². The largest absolute Gasteiger partial charge is 0.462 e. The second kappa shape index (κ2) is 3.94. The smallest absolute Gasteiger partial charge is 0.348 e. The molecule has 0 aliphatic heterocycles. The van der Waals surface area contributed by atoms with Gasteiger partial charge in [-0.2, -0.15) is 0 Å². The molecule has 15 heavy (non-hydrogen) atoms. The van der Waals surface area contributed by atoms with E-state index in [0.29, 0.717) is 6.61 Å². The van der Waals surface area contributed by atoms with Gasteiger partial charge in [0.25, 0.3) is 0 Å². The molecule has 2 heterocycles. The molecule has 2 aromatic rings. The highest BCUT2D eigenvalue weighted by Crippen LogP contribution is 2.37. The molecule has 0 spiro atoms. The molecular weight excluding hydrogens is 228 g/mol. The summed E-state index contributed by atoms with van der Waals surface area (Å²) in [5.74, 6) is -0.192. The molecule has 0 saturated carbocycles. The lowest BCUT2D eigenvalue weighted by Gasteiger charge is -1.98. The summed E-state index contributed by atoms with van der Waals surface area (Å²) in [7, 11) is 0. The first-order valence-electron chi connectivity index (χ1n) is 4.79. The van der Waals surface area contributed by atoms with E-state index < -0.39 is 0 Å². The Kier molecular flexibility index (Phi) is 2.80. The molecule has 0 aliphatic rings. The number of thiophene rings is 2. The molecule has 0 N–H and O–H groups in total. The summed E-state index contributed by atoms with van der Waals surface area (Å²) in [6.45, 7) is 6.32. The van der Waals surface area contributed by atoms with Gasteiger partial charge in [0.05, 0.1) is 6.61 Å². The van der Waals surface area contributed by atoms with Crippen LogP contribution in [0.15, 0.2) is 5.38 Å². The molecule has 0 aromatic carbocycles. The molecule has 0 saturated heterocycles. The van der Waals surface area contributed by atoms with E-state index in [9.17, 15) is 4.79 Å². The fraction of sp³-hybridized carbons (Fsp3) is 0.364. The van der Waals surface area contributed by atoms with Gasteiger partial charge >= 0.3 is 5.97 Å². The normalized spacial score (nSPS) is 10.9. The zero-order chi connectivity index (χ0) is 11.0. The summed E-state index contributed by atoms with van der Waals surface area (Å²) in [6, 6.07) is 0. The van der Waals surface area contributed by atoms with Crippen molar-refractivity contribution < 1.29 is 9.53 Å². The van der Waals surface area contributed by atoms with E-state index >= 15 is 0 Å². The maximum Gasteiger partial charge on any atom is 0.348 e. The number of hydrogen-bond acceptors (Lipinski definition) is 4. The number of esters is 1. The van der Waals surface area contributed by atoms with E-state index in [4.69, 9.17) is 4.74 Å². The summed E-state index contributed by atoms with van der Waals surface area (Å²) in [4.78, 5) is 12.4. The molecule has 0 radical (unpaired) electrons. The van der Waals surface area contributed by atoms with Crippen LogP contribution in [0.5, 0.6) is 0 Å². The van der Waals surface area contributed by atoms with Crippen LogP contribution in [0.4, 0.5) is 0 Å². The molecule has 0 unspecified atom stereocenters. The Morgan fingerprint density at radius 2 is 2.13 bits per heavy atom. The van der Waals surface area contributed by atoms with E-state index in [2.05, 4.69) is 12.3 Å². The van der Waals surface area contributed by atoms with Gasteiger partial charge in [0.2, 0.25) is 0 Å². The van der Waals surface area contributed by atoms with Crippen LogP contribution < -0.4 is 0 Å². The number of fused-ring (bicyclic) bond motifs is 1. The van der Waals surface area contributed by atoms with Gasteiger partial charge in [0.15, 0.2) is 0 Å². The lowest BCUT2D eigenvalue weighted by Crippen LogP contribution is -2.03. The van der Waals surface area contributed by atoms with E-state index in [0.717, 1.165) is 10.4 Å². The lowest BCUT2D eigenvalue weighted by molar-refractivity contribution is 0.0531. The Labute approximate surface area is 96.5 Å². The zero-order valence-corrected chi connectivity index (χ0v) is 10.6. The third-order valence-corrected chi connectivity index (χ3v) is 5.02. The molecule has 0 amide bonds. The molecule has 0 fully saturated rings. The van der Waals surface area contributed by atoms with E-state index in [1.807, 2.05) is 13.8 Å². The lowest BCUT2D eigenvalue weighted by atomic mass is 10.2. The molecule has 2 rings (SSSR count). The second-order valence-corrected chi connectivity index (χ2v) is 5.25. The second-order valence-electron chi connectivity index (χ2n) is 3.35. The first-order chi connectivity index (χ1) is 7.15. The first kappa shape index (κ1) is 10.6. The zero-order valence-electron chi connectivity index (χ0n) is 8.92. The van der Waals surface area contributed by atoms with Crippen LogP contribution in [0.1, 0.15) is 27.7 Å². The van der Waals surface area contributed by atoms with Gasteiger partial charge < -0.3 is 4.74 Å². The Balaban J connectivity index is 2.53. The predicted octanol–water partition coefficient (Wildman–Crippen LogP) is 3.76. The predicted molar refractivity (Wildman–Crippen MR) is 65.1 cm³/mol. The van der Waals surface area contributed by atoms with Crippen molar-refractivity contribution in [3.05, 3.63) is 21.4 Å². The number of carbonyl (C=O) groups is 1. The minimum absolute atomic E-state index is 0.192. The van der Waals surface area contributed by atoms with E-state index in [-0.39, 0.29) is 5.97 Å². The van der Waals surface area contributed by atoms with Crippen molar-refractivity contribution in [2.24, 2.45) is 0 Å². The van der Waals surface area contributed by atoms with Crippen LogP contribution in [-0.4, -0.2) is 12.6 Å². The number of carbonyl (C=O) groups excluding carboxylic acids is 1. The van der Waals surface area contributed by atoms with Gasteiger partial charge in [-0.3, -0.25) is 0 Å². The van der Waals surface area contributed by atoms with Gasteiger partial charge in [-0.15, -0.1) is 22.7 Å². The maximum absolute atomic E-state index is 11.6. The van der Waals surface area contributed by atoms with Gasteiger partial charge in [0.1, 0.15) is 4.88 Å². The van der Waals surface area contributed by atoms with Gasteiger partial charge in [-0.1, -0.05) is 0 Å². The topological polar surface area (TPSA) is 26.3 Å². The molecule has 0 bridgehead atoms. The molecule has 0 atom stereocenters. The van der Waals surface area contributed by atoms with Crippen molar-refractivity contribution in [3.63, 3.8) is 0 Å². The molecular formula is C11H12O2S2. The van der Waals surface area contributed by atoms with Gasteiger partial charge in [-0.05, 0) is 37.3 Å². The Hall–Kier alpha value is -0.870. The van der Waals surface area contributed by atoms with Crippen molar-refractivity contribution >= 4 is 38.0 Å². The highest BCUT2D eigenvalue weighted by molar-refractivity contribution is 7.28. The fourth-order valence-corrected chi connectivity index (χ4v) is 3.93. The summed E-state index contributed by atoms with van der Waals surface area (Å²) < 4.78 is 7.47. The fourth-order valence-electron chi connectivity index (χ4n) is 1.49. The standard InChI is InChI=1S/C11H12O2S2/c1-4-13-11(12)10-7(3)9-8(15-10)6(2)5-14-9/h5H,4H2,1-3H3. The summed E-state index contributed by atoms with van der Waals surface area (Å²) in [5, 5.41) is 2.13.